The highest BCUT2D eigenvalue weighted by molar-refractivity contribution is 5.70. The molecule has 0 spiro atoms. The van der Waals surface area contributed by atoms with Gasteiger partial charge in [-0.25, -0.2) is 4.98 Å². The van der Waals surface area contributed by atoms with Gasteiger partial charge >= 0.3 is 5.97 Å². The van der Waals surface area contributed by atoms with Crippen molar-refractivity contribution in [1.82, 2.24) is 9.97 Å². The van der Waals surface area contributed by atoms with E-state index in [1.165, 1.54) is 5.56 Å². The van der Waals surface area contributed by atoms with Crippen LogP contribution in [-0.2, 0) is 11.2 Å². The predicted octanol–water partition coefficient (Wildman–Crippen LogP) is 2.44. The maximum Gasteiger partial charge on any atom is 0.306 e. The maximum atomic E-state index is 11.1. The summed E-state index contributed by atoms with van der Waals surface area (Å²) in [6, 6.07) is 9.86. The molecule has 26 heavy (non-hydrogen) atoms. The van der Waals surface area contributed by atoms with Gasteiger partial charge in [0.1, 0.15) is 11.6 Å². The molecule has 0 unspecified atom stereocenters. The van der Waals surface area contributed by atoms with Crippen molar-refractivity contribution < 1.29 is 14.6 Å². The second-order valence-corrected chi connectivity index (χ2v) is 6.37. The molecular formula is C19H24N4O3. The van der Waals surface area contributed by atoms with Crippen molar-refractivity contribution in [2.75, 3.05) is 37.0 Å². The van der Waals surface area contributed by atoms with E-state index in [9.17, 15) is 4.79 Å². The molecule has 2 aromatic rings. The lowest BCUT2D eigenvalue weighted by molar-refractivity contribution is -0.142. The molecule has 1 fully saturated rings. The molecule has 2 N–H and O–H groups in total. The molecule has 3 rings (SSSR count). The molecule has 0 bridgehead atoms. The number of methoxy groups -OCH3 is 1. The zero-order valence-corrected chi connectivity index (χ0v) is 14.9. The van der Waals surface area contributed by atoms with Crippen LogP contribution in [0.2, 0.25) is 0 Å². The molecule has 0 radical (unpaired) electrons. The number of hydrogen-bond donors (Lipinski definition) is 2. The number of nitrogens with zero attached hydrogens (tertiary/aromatic N) is 3. The molecule has 7 heteroatoms. The molecule has 1 aromatic carbocycles. The standard InChI is InChI=1S/C19H24N4O3/c1-26-16-4-2-3-14(13-16)5-9-20-19-21-10-6-17(22-19)23-11-7-15(8-12-23)18(24)25/h2-4,6,10,13,15H,5,7-9,11-12H2,1H3,(H,24,25)(H,20,21,22). The summed E-state index contributed by atoms with van der Waals surface area (Å²) >= 11 is 0. The van der Waals surface area contributed by atoms with Gasteiger partial charge < -0.3 is 20.1 Å². The number of hydrogen-bond acceptors (Lipinski definition) is 6. The number of carboxylic acid groups (broad SMARTS) is 1. The Morgan fingerprint density at radius 1 is 1.35 bits per heavy atom. The van der Waals surface area contributed by atoms with Crippen LogP contribution >= 0.6 is 0 Å². The van der Waals surface area contributed by atoms with Gasteiger partial charge in [-0.1, -0.05) is 12.1 Å². The third-order valence-corrected chi connectivity index (χ3v) is 4.64. The predicted molar refractivity (Wildman–Crippen MR) is 99.8 cm³/mol. The molecule has 0 atom stereocenters. The Balaban J connectivity index is 1.53. The van der Waals surface area contributed by atoms with Crippen molar-refractivity contribution in [3.05, 3.63) is 42.1 Å². The highest BCUT2D eigenvalue weighted by atomic mass is 16.5. The van der Waals surface area contributed by atoms with E-state index in [2.05, 4.69) is 26.3 Å². The normalized spacial score (nSPS) is 14.9. The number of carbonyl (C=O) groups is 1. The van der Waals surface area contributed by atoms with E-state index >= 15 is 0 Å². The average Bonchev–Trinajstić information content (AvgIpc) is 2.68. The third-order valence-electron chi connectivity index (χ3n) is 4.64. The van der Waals surface area contributed by atoms with Crippen LogP contribution in [0.4, 0.5) is 11.8 Å². The Hall–Kier alpha value is -2.83. The minimum absolute atomic E-state index is 0.242. The fourth-order valence-corrected chi connectivity index (χ4v) is 3.11. The third kappa shape index (κ3) is 4.62. The molecular weight excluding hydrogens is 332 g/mol. The minimum atomic E-state index is -0.702. The first-order chi connectivity index (χ1) is 12.7. The molecule has 2 heterocycles. The Kier molecular flexibility index (Phi) is 5.88. The number of rotatable bonds is 7. The van der Waals surface area contributed by atoms with Crippen LogP contribution in [0, 0.1) is 5.92 Å². The monoisotopic (exact) mass is 356 g/mol. The van der Waals surface area contributed by atoms with Crippen molar-refractivity contribution in [2.24, 2.45) is 5.92 Å². The second kappa shape index (κ2) is 8.51. The average molecular weight is 356 g/mol. The van der Waals surface area contributed by atoms with Gasteiger partial charge in [-0.15, -0.1) is 0 Å². The van der Waals surface area contributed by atoms with Gasteiger partial charge in [-0.3, -0.25) is 4.79 Å². The van der Waals surface area contributed by atoms with E-state index in [4.69, 9.17) is 9.84 Å². The molecule has 1 saturated heterocycles. The van der Waals surface area contributed by atoms with Crippen LogP contribution in [-0.4, -0.2) is 47.8 Å². The summed E-state index contributed by atoms with van der Waals surface area (Å²) in [5.41, 5.74) is 1.18. The maximum absolute atomic E-state index is 11.1. The molecule has 0 aliphatic carbocycles. The van der Waals surface area contributed by atoms with E-state index in [1.54, 1.807) is 13.3 Å². The topological polar surface area (TPSA) is 87.6 Å². The van der Waals surface area contributed by atoms with Gasteiger partial charge in [0.2, 0.25) is 5.95 Å². The summed E-state index contributed by atoms with van der Waals surface area (Å²) in [6.45, 7) is 2.13. The number of nitrogens with one attached hydrogen (secondary N) is 1. The van der Waals surface area contributed by atoms with Crippen molar-refractivity contribution in [3.63, 3.8) is 0 Å². The Bertz CT molecular complexity index is 745. The van der Waals surface area contributed by atoms with Crippen LogP contribution in [0.15, 0.2) is 36.5 Å². The lowest BCUT2D eigenvalue weighted by atomic mass is 9.97. The van der Waals surface area contributed by atoms with Gasteiger partial charge in [-0.05, 0) is 43.0 Å². The van der Waals surface area contributed by atoms with Crippen molar-refractivity contribution in [3.8, 4) is 5.75 Å². The lowest BCUT2D eigenvalue weighted by Gasteiger charge is -2.31. The first-order valence-electron chi connectivity index (χ1n) is 8.83. The van der Waals surface area contributed by atoms with Gasteiger partial charge in [0.05, 0.1) is 13.0 Å². The zero-order chi connectivity index (χ0) is 18.4. The van der Waals surface area contributed by atoms with E-state index in [-0.39, 0.29) is 5.92 Å². The number of anilines is 2. The highest BCUT2D eigenvalue weighted by Gasteiger charge is 2.25. The molecule has 1 aromatic heterocycles. The molecule has 1 aliphatic heterocycles. The fourth-order valence-electron chi connectivity index (χ4n) is 3.11. The molecule has 7 nitrogen and oxygen atoms in total. The summed E-state index contributed by atoms with van der Waals surface area (Å²) in [5.74, 6) is 1.34. The Labute approximate surface area is 153 Å². The molecule has 0 amide bonds. The number of aromatic nitrogens is 2. The van der Waals surface area contributed by atoms with Gasteiger partial charge in [0, 0.05) is 25.8 Å². The molecule has 1 aliphatic rings. The number of ether oxygens (including phenoxy) is 1. The quantitative estimate of drug-likeness (QED) is 0.788. The van der Waals surface area contributed by atoms with Crippen LogP contribution < -0.4 is 15.0 Å². The number of carboxylic acids is 1. The SMILES string of the molecule is COc1cccc(CCNc2nccc(N3CCC(C(=O)O)CC3)n2)c1. The van der Waals surface area contributed by atoms with Crippen LogP contribution in [0.1, 0.15) is 18.4 Å². The second-order valence-electron chi connectivity index (χ2n) is 6.37. The number of benzene rings is 1. The zero-order valence-electron chi connectivity index (χ0n) is 14.9. The summed E-state index contributed by atoms with van der Waals surface area (Å²) in [7, 11) is 1.66. The number of aliphatic carboxylic acids is 1. The summed E-state index contributed by atoms with van der Waals surface area (Å²) < 4.78 is 5.24. The number of piperidine rings is 1. The molecule has 138 valence electrons. The van der Waals surface area contributed by atoms with Crippen LogP contribution in [0.5, 0.6) is 5.75 Å². The highest BCUT2D eigenvalue weighted by Crippen LogP contribution is 2.22. The van der Waals surface area contributed by atoms with Crippen LogP contribution in [0.25, 0.3) is 0 Å². The first kappa shape index (κ1) is 18.0. The van der Waals surface area contributed by atoms with Gasteiger partial charge in [0.25, 0.3) is 0 Å². The lowest BCUT2D eigenvalue weighted by Crippen LogP contribution is -2.36. The van der Waals surface area contributed by atoms with Gasteiger partial charge in [0.15, 0.2) is 0 Å². The van der Waals surface area contributed by atoms with Gasteiger partial charge in [-0.2, -0.15) is 4.98 Å². The smallest absolute Gasteiger partial charge is 0.306 e. The summed E-state index contributed by atoms with van der Waals surface area (Å²) in [5, 5.41) is 12.4. The van der Waals surface area contributed by atoms with E-state index in [1.807, 2.05) is 24.3 Å². The van der Waals surface area contributed by atoms with E-state index < -0.39 is 5.97 Å². The van der Waals surface area contributed by atoms with Crippen molar-refractivity contribution >= 4 is 17.7 Å². The Morgan fingerprint density at radius 3 is 2.88 bits per heavy atom. The van der Waals surface area contributed by atoms with E-state index in [0.717, 1.165) is 24.5 Å². The fraction of sp³-hybridized carbons (Fsp3) is 0.421. The first-order valence-corrected chi connectivity index (χ1v) is 8.83. The summed E-state index contributed by atoms with van der Waals surface area (Å²) in [4.78, 5) is 22.0. The van der Waals surface area contributed by atoms with Crippen molar-refractivity contribution in [2.45, 2.75) is 19.3 Å². The Morgan fingerprint density at radius 2 is 2.15 bits per heavy atom. The summed E-state index contributed by atoms with van der Waals surface area (Å²) in [6.07, 6.45) is 3.88. The van der Waals surface area contributed by atoms with Crippen LogP contribution in [0.3, 0.4) is 0 Å². The largest absolute Gasteiger partial charge is 0.497 e. The minimum Gasteiger partial charge on any atom is -0.497 e. The molecule has 0 saturated carbocycles. The van der Waals surface area contributed by atoms with E-state index in [0.29, 0.717) is 31.9 Å². The van der Waals surface area contributed by atoms with Crippen molar-refractivity contribution in [1.29, 1.82) is 0 Å².